The number of hydrogen-bond acceptors (Lipinski definition) is 4. The number of likely N-dealkylation sites (tertiary alicyclic amines) is 2. The molecule has 0 saturated carbocycles. The number of carbonyl (C=O) groups is 1. The van der Waals surface area contributed by atoms with E-state index < -0.39 is 0 Å². The first-order chi connectivity index (χ1) is 9.78. The van der Waals surface area contributed by atoms with Gasteiger partial charge in [-0.15, -0.1) is 0 Å². The van der Waals surface area contributed by atoms with E-state index in [9.17, 15) is 4.79 Å². The molecule has 2 N–H and O–H groups in total. The number of aromatic nitrogens is 1. The third kappa shape index (κ3) is 2.69. The van der Waals surface area contributed by atoms with Crippen LogP contribution in [0.3, 0.4) is 0 Å². The Morgan fingerprint density at radius 3 is 2.75 bits per heavy atom. The van der Waals surface area contributed by atoms with Gasteiger partial charge in [-0.05, 0) is 44.0 Å². The molecule has 1 amide bonds. The van der Waals surface area contributed by atoms with Crippen LogP contribution in [0.4, 0.5) is 0 Å². The SMILES string of the molecule is NCc1ccc(C(=O)N2CCC(N3CCCC3)C2)nc1. The molecule has 2 fully saturated rings. The lowest BCUT2D eigenvalue weighted by atomic mass is 10.2. The van der Waals surface area contributed by atoms with Gasteiger partial charge in [-0.2, -0.15) is 0 Å². The maximum atomic E-state index is 12.4. The normalized spacial score (nSPS) is 23.4. The van der Waals surface area contributed by atoms with Crippen molar-refractivity contribution >= 4 is 5.91 Å². The summed E-state index contributed by atoms with van der Waals surface area (Å²) in [7, 11) is 0. The van der Waals surface area contributed by atoms with Gasteiger partial charge in [0, 0.05) is 31.9 Å². The summed E-state index contributed by atoms with van der Waals surface area (Å²) in [5, 5.41) is 0. The molecule has 1 atom stereocenters. The highest BCUT2D eigenvalue weighted by atomic mass is 16.2. The first-order valence-electron chi connectivity index (χ1n) is 7.46. The fraction of sp³-hybridized carbons (Fsp3) is 0.600. The highest BCUT2D eigenvalue weighted by Crippen LogP contribution is 2.21. The summed E-state index contributed by atoms with van der Waals surface area (Å²) >= 11 is 0. The largest absolute Gasteiger partial charge is 0.336 e. The number of pyridine rings is 1. The van der Waals surface area contributed by atoms with E-state index in [1.165, 1.54) is 25.9 Å². The standard InChI is InChI=1S/C15H22N4O/c16-9-12-3-4-14(17-10-12)15(20)19-8-5-13(11-19)18-6-1-2-7-18/h3-4,10,13H,1-2,5-9,11,16H2. The van der Waals surface area contributed by atoms with Gasteiger partial charge in [-0.3, -0.25) is 14.7 Å². The van der Waals surface area contributed by atoms with Crippen LogP contribution in [0.25, 0.3) is 0 Å². The van der Waals surface area contributed by atoms with Crippen LogP contribution in [0.1, 0.15) is 35.3 Å². The number of hydrogen-bond donors (Lipinski definition) is 1. The predicted molar refractivity (Wildman–Crippen MR) is 77.2 cm³/mol. The number of nitrogens with zero attached hydrogens (tertiary/aromatic N) is 3. The molecule has 3 rings (SSSR count). The molecule has 3 heterocycles. The van der Waals surface area contributed by atoms with E-state index in [0.717, 1.165) is 25.1 Å². The number of carbonyl (C=O) groups excluding carboxylic acids is 1. The fourth-order valence-electron chi connectivity index (χ4n) is 3.16. The van der Waals surface area contributed by atoms with E-state index in [2.05, 4.69) is 9.88 Å². The van der Waals surface area contributed by atoms with Crippen molar-refractivity contribution in [3.8, 4) is 0 Å². The van der Waals surface area contributed by atoms with Gasteiger partial charge in [-0.1, -0.05) is 6.07 Å². The Morgan fingerprint density at radius 1 is 1.30 bits per heavy atom. The Hall–Kier alpha value is -1.46. The second-order valence-electron chi connectivity index (χ2n) is 5.69. The molecule has 1 aromatic rings. The number of rotatable bonds is 3. The van der Waals surface area contributed by atoms with Crippen LogP contribution < -0.4 is 5.73 Å². The van der Waals surface area contributed by atoms with Crippen LogP contribution in [0.15, 0.2) is 18.3 Å². The molecule has 5 nitrogen and oxygen atoms in total. The lowest BCUT2D eigenvalue weighted by Crippen LogP contribution is -2.37. The maximum absolute atomic E-state index is 12.4. The lowest BCUT2D eigenvalue weighted by molar-refractivity contribution is 0.0774. The van der Waals surface area contributed by atoms with Crippen molar-refractivity contribution in [1.82, 2.24) is 14.8 Å². The molecular formula is C15H22N4O. The van der Waals surface area contributed by atoms with Crippen molar-refractivity contribution in [1.29, 1.82) is 0 Å². The van der Waals surface area contributed by atoms with Crippen LogP contribution >= 0.6 is 0 Å². The van der Waals surface area contributed by atoms with Gasteiger partial charge in [0.05, 0.1) is 0 Å². The van der Waals surface area contributed by atoms with Gasteiger partial charge in [-0.25, -0.2) is 0 Å². The molecule has 108 valence electrons. The first kappa shape index (κ1) is 13.5. The van der Waals surface area contributed by atoms with Crippen LogP contribution in [0.2, 0.25) is 0 Å². The van der Waals surface area contributed by atoms with Crippen molar-refractivity contribution in [3.05, 3.63) is 29.6 Å². The molecule has 0 radical (unpaired) electrons. The van der Waals surface area contributed by atoms with Crippen molar-refractivity contribution in [2.75, 3.05) is 26.2 Å². The van der Waals surface area contributed by atoms with Crippen molar-refractivity contribution in [2.24, 2.45) is 5.73 Å². The van der Waals surface area contributed by atoms with Gasteiger partial charge < -0.3 is 10.6 Å². The molecule has 0 aromatic carbocycles. The van der Waals surface area contributed by atoms with Crippen LogP contribution in [0.5, 0.6) is 0 Å². The predicted octanol–water partition coefficient (Wildman–Crippen LogP) is 0.851. The Bertz CT molecular complexity index is 467. The minimum Gasteiger partial charge on any atom is -0.336 e. The van der Waals surface area contributed by atoms with Gasteiger partial charge >= 0.3 is 0 Å². The molecule has 1 unspecified atom stereocenters. The third-order valence-corrected chi connectivity index (χ3v) is 4.39. The Morgan fingerprint density at radius 2 is 2.10 bits per heavy atom. The maximum Gasteiger partial charge on any atom is 0.272 e. The van der Waals surface area contributed by atoms with Crippen LogP contribution in [0, 0.1) is 0 Å². The molecule has 5 heteroatoms. The summed E-state index contributed by atoms with van der Waals surface area (Å²) in [4.78, 5) is 21.1. The Balaban J connectivity index is 1.62. The minimum absolute atomic E-state index is 0.0512. The van der Waals surface area contributed by atoms with Gasteiger partial charge in [0.15, 0.2) is 0 Å². The van der Waals surface area contributed by atoms with E-state index in [1.54, 1.807) is 12.3 Å². The topological polar surface area (TPSA) is 62.5 Å². The third-order valence-electron chi connectivity index (χ3n) is 4.39. The van der Waals surface area contributed by atoms with E-state index in [0.29, 0.717) is 18.3 Å². The van der Waals surface area contributed by atoms with Crippen molar-refractivity contribution < 1.29 is 4.79 Å². The average molecular weight is 274 g/mol. The highest BCUT2D eigenvalue weighted by Gasteiger charge is 2.32. The molecular weight excluding hydrogens is 252 g/mol. The smallest absolute Gasteiger partial charge is 0.272 e. The van der Waals surface area contributed by atoms with Crippen LogP contribution in [-0.4, -0.2) is 52.9 Å². The molecule has 0 aliphatic carbocycles. The van der Waals surface area contributed by atoms with E-state index in [4.69, 9.17) is 5.73 Å². The van der Waals surface area contributed by atoms with Gasteiger partial charge in [0.2, 0.25) is 0 Å². The molecule has 0 spiro atoms. The highest BCUT2D eigenvalue weighted by molar-refractivity contribution is 5.92. The minimum atomic E-state index is 0.0512. The van der Waals surface area contributed by atoms with E-state index in [-0.39, 0.29) is 5.91 Å². The van der Waals surface area contributed by atoms with Crippen LogP contribution in [-0.2, 0) is 6.54 Å². The summed E-state index contributed by atoms with van der Waals surface area (Å²) in [6.07, 6.45) is 5.38. The summed E-state index contributed by atoms with van der Waals surface area (Å²) in [6.45, 7) is 4.54. The monoisotopic (exact) mass is 274 g/mol. The summed E-state index contributed by atoms with van der Waals surface area (Å²) < 4.78 is 0. The van der Waals surface area contributed by atoms with E-state index in [1.807, 2.05) is 11.0 Å². The Labute approximate surface area is 119 Å². The Kier molecular flexibility index (Phi) is 3.98. The van der Waals surface area contributed by atoms with Crippen molar-refractivity contribution in [2.45, 2.75) is 31.8 Å². The van der Waals surface area contributed by atoms with Crippen molar-refractivity contribution in [3.63, 3.8) is 0 Å². The molecule has 0 bridgehead atoms. The molecule has 2 aliphatic rings. The lowest BCUT2D eigenvalue weighted by Gasteiger charge is -2.23. The summed E-state index contributed by atoms with van der Waals surface area (Å²) in [6, 6.07) is 4.21. The quantitative estimate of drug-likeness (QED) is 0.887. The number of nitrogens with two attached hydrogens (primary N) is 1. The molecule has 20 heavy (non-hydrogen) atoms. The first-order valence-corrected chi connectivity index (χ1v) is 7.46. The molecule has 1 aromatic heterocycles. The number of amides is 1. The zero-order chi connectivity index (χ0) is 13.9. The zero-order valence-corrected chi connectivity index (χ0v) is 11.8. The summed E-state index contributed by atoms with van der Waals surface area (Å²) in [5.74, 6) is 0.0512. The second kappa shape index (κ2) is 5.89. The van der Waals surface area contributed by atoms with E-state index >= 15 is 0 Å². The van der Waals surface area contributed by atoms with Gasteiger partial charge in [0.25, 0.3) is 5.91 Å². The fourth-order valence-corrected chi connectivity index (χ4v) is 3.16. The average Bonchev–Trinajstić information content (AvgIpc) is 3.17. The molecule has 2 aliphatic heterocycles. The van der Waals surface area contributed by atoms with Gasteiger partial charge in [0.1, 0.15) is 5.69 Å². The molecule has 2 saturated heterocycles. The second-order valence-corrected chi connectivity index (χ2v) is 5.69. The summed E-state index contributed by atoms with van der Waals surface area (Å²) in [5.41, 5.74) is 7.03. The zero-order valence-electron chi connectivity index (χ0n) is 11.8.